The summed E-state index contributed by atoms with van der Waals surface area (Å²) in [7, 11) is 1.69. The summed E-state index contributed by atoms with van der Waals surface area (Å²) in [6.45, 7) is 1.72. The number of amides is 1. The van der Waals surface area contributed by atoms with Gasteiger partial charge in [0.2, 0.25) is 11.9 Å². The van der Waals surface area contributed by atoms with Crippen LogP contribution in [0.1, 0.15) is 13.3 Å². The van der Waals surface area contributed by atoms with Crippen LogP contribution in [0.25, 0.3) is 0 Å². The van der Waals surface area contributed by atoms with Crippen molar-refractivity contribution in [2.45, 2.75) is 19.4 Å². The van der Waals surface area contributed by atoms with Crippen molar-refractivity contribution in [2.75, 3.05) is 18.5 Å². The lowest BCUT2D eigenvalue weighted by atomic mass is 10.2. The van der Waals surface area contributed by atoms with Gasteiger partial charge in [-0.3, -0.25) is 9.59 Å². The van der Waals surface area contributed by atoms with Gasteiger partial charge in [0.05, 0.1) is 13.0 Å². The van der Waals surface area contributed by atoms with E-state index in [1.54, 1.807) is 37.3 Å². The summed E-state index contributed by atoms with van der Waals surface area (Å²) >= 11 is 0. The summed E-state index contributed by atoms with van der Waals surface area (Å²) in [6, 6.07) is 1.28. The Bertz CT molecular complexity index is 410. The SMILES string of the molecule is CC(CC(=O)O)NC(=O)CN(C)c1ncccn1. The van der Waals surface area contributed by atoms with Gasteiger partial charge in [0, 0.05) is 25.5 Å². The van der Waals surface area contributed by atoms with Crippen LogP contribution in [-0.4, -0.2) is 46.6 Å². The molecule has 1 aromatic rings. The Morgan fingerprint density at radius 1 is 1.44 bits per heavy atom. The van der Waals surface area contributed by atoms with E-state index in [0.717, 1.165) is 0 Å². The van der Waals surface area contributed by atoms with Gasteiger partial charge >= 0.3 is 5.97 Å². The Kier molecular flexibility index (Phi) is 5.04. The van der Waals surface area contributed by atoms with E-state index < -0.39 is 12.0 Å². The van der Waals surface area contributed by atoms with Crippen LogP contribution in [0.3, 0.4) is 0 Å². The molecule has 0 saturated heterocycles. The fourth-order valence-electron chi connectivity index (χ4n) is 1.41. The van der Waals surface area contributed by atoms with Crippen LogP contribution in [0.4, 0.5) is 5.95 Å². The first-order chi connectivity index (χ1) is 8.49. The van der Waals surface area contributed by atoms with Crippen LogP contribution in [-0.2, 0) is 9.59 Å². The van der Waals surface area contributed by atoms with Crippen molar-refractivity contribution in [2.24, 2.45) is 0 Å². The lowest BCUT2D eigenvalue weighted by molar-refractivity contribution is -0.137. The molecule has 1 rings (SSSR count). The standard InChI is InChI=1S/C11H16N4O3/c1-8(6-10(17)18)14-9(16)7-15(2)11-12-4-3-5-13-11/h3-5,8H,6-7H2,1-2H3,(H,14,16)(H,17,18). The molecule has 1 amide bonds. The van der Waals surface area contributed by atoms with Crippen LogP contribution < -0.4 is 10.2 Å². The van der Waals surface area contributed by atoms with E-state index in [1.165, 1.54) is 0 Å². The molecule has 0 spiro atoms. The fraction of sp³-hybridized carbons (Fsp3) is 0.455. The van der Waals surface area contributed by atoms with Gasteiger partial charge in [0.15, 0.2) is 0 Å². The molecule has 0 bridgehead atoms. The predicted molar refractivity (Wildman–Crippen MR) is 65.2 cm³/mol. The molecule has 0 aliphatic rings. The second-order valence-electron chi connectivity index (χ2n) is 3.97. The molecule has 7 heteroatoms. The number of carbonyl (C=O) groups excluding carboxylic acids is 1. The Morgan fingerprint density at radius 3 is 2.61 bits per heavy atom. The first kappa shape index (κ1) is 13.9. The van der Waals surface area contributed by atoms with Gasteiger partial charge in [-0.2, -0.15) is 0 Å². The molecule has 0 aliphatic heterocycles. The average Bonchev–Trinajstić information content (AvgIpc) is 2.28. The molecule has 7 nitrogen and oxygen atoms in total. The maximum absolute atomic E-state index is 11.6. The quantitative estimate of drug-likeness (QED) is 0.733. The lowest BCUT2D eigenvalue weighted by Crippen LogP contribution is -2.41. The molecule has 0 saturated carbocycles. The Balaban J connectivity index is 2.43. The van der Waals surface area contributed by atoms with E-state index >= 15 is 0 Å². The van der Waals surface area contributed by atoms with Crippen LogP contribution in [0.5, 0.6) is 0 Å². The first-order valence-corrected chi connectivity index (χ1v) is 5.48. The van der Waals surface area contributed by atoms with Crippen molar-refractivity contribution < 1.29 is 14.7 Å². The lowest BCUT2D eigenvalue weighted by Gasteiger charge is -2.18. The van der Waals surface area contributed by atoms with Gasteiger partial charge in [-0.1, -0.05) is 0 Å². The van der Waals surface area contributed by atoms with Gasteiger partial charge in [0.1, 0.15) is 0 Å². The molecule has 2 N–H and O–H groups in total. The van der Waals surface area contributed by atoms with Crippen molar-refractivity contribution in [3.05, 3.63) is 18.5 Å². The molecule has 0 radical (unpaired) electrons. The molecule has 0 aromatic carbocycles. The number of likely N-dealkylation sites (N-methyl/N-ethyl adjacent to an activating group) is 1. The zero-order valence-corrected chi connectivity index (χ0v) is 10.3. The molecule has 1 atom stereocenters. The second kappa shape index (κ2) is 6.53. The van der Waals surface area contributed by atoms with Gasteiger partial charge in [-0.15, -0.1) is 0 Å². The third kappa shape index (κ3) is 4.77. The van der Waals surface area contributed by atoms with Gasteiger partial charge in [-0.25, -0.2) is 9.97 Å². The number of aromatic nitrogens is 2. The maximum Gasteiger partial charge on any atom is 0.305 e. The Hall–Kier alpha value is -2.18. The summed E-state index contributed by atoms with van der Waals surface area (Å²) in [4.78, 5) is 31.7. The van der Waals surface area contributed by atoms with Crippen molar-refractivity contribution in [3.8, 4) is 0 Å². The van der Waals surface area contributed by atoms with E-state index in [-0.39, 0.29) is 18.9 Å². The molecule has 98 valence electrons. The predicted octanol–water partition coefficient (Wildman–Crippen LogP) is -0.108. The van der Waals surface area contributed by atoms with E-state index in [4.69, 9.17) is 5.11 Å². The minimum atomic E-state index is -0.942. The number of nitrogens with one attached hydrogen (secondary N) is 1. The normalized spacial score (nSPS) is 11.7. The fourth-order valence-corrected chi connectivity index (χ4v) is 1.41. The summed E-state index contributed by atoms with van der Waals surface area (Å²) < 4.78 is 0. The van der Waals surface area contributed by atoms with E-state index in [1.807, 2.05) is 0 Å². The summed E-state index contributed by atoms with van der Waals surface area (Å²) in [5, 5.41) is 11.2. The molecule has 1 unspecified atom stereocenters. The smallest absolute Gasteiger partial charge is 0.305 e. The summed E-state index contributed by atoms with van der Waals surface area (Å²) in [5.74, 6) is -0.764. The number of rotatable bonds is 6. The number of carbonyl (C=O) groups is 2. The maximum atomic E-state index is 11.6. The zero-order chi connectivity index (χ0) is 13.5. The number of carboxylic acids is 1. The van der Waals surface area contributed by atoms with Gasteiger partial charge in [-0.05, 0) is 13.0 Å². The molecular formula is C11H16N4O3. The van der Waals surface area contributed by atoms with E-state index in [9.17, 15) is 9.59 Å². The topological polar surface area (TPSA) is 95.4 Å². The first-order valence-electron chi connectivity index (χ1n) is 5.48. The molecule has 0 fully saturated rings. The molecule has 0 aliphatic carbocycles. The number of anilines is 1. The molecular weight excluding hydrogens is 236 g/mol. The highest BCUT2D eigenvalue weighted by molar-refractivity contribution is 5.81. The average molecular weight is 252 g/mol. The molecule has 1 aromatic heterocycles. The monoisotopic (exact) mass is 252 g/mol. The minimum absolute atomic E-state index is 0.0774. The number of hydrogen-bond acceptors (Lipinski definition) is 5. The highest BCUT2D eigenvalue weighted by atomic mass is 16.4. The largest absolute Gasteiger partial charge is 0.481 e. The van der Waals surface area contributed by atoms with Crippen LogP contribution in [0, 0.1) is 0 Å². The van der Waals surface area contributed by atoms with E-state index in [2.05, 4.69) is 15.3 Å². The third-order valence-corrected chi connectivity index (χ3v) is 2.16. The van der Waals surface area contributed by atoms with Crippen molar-refractivity contribution >= 4 is 17.8 Å². The Labute approximate surface area is 105 Å². The van der Waals surface area contributed by atoms with Crippen molar-refractivity contribution in [1.29, 1.82) is 0 Å². The number of hydrogen-bond donors (Lipinski definition) is 2. The summed E-state index contributed by atoms with van der Waals surface area (Å²) in [5.41, 5.74) is 0. The third-order valence-electron chi connectivity index (χ3n) is 2.16. The zero-order valence-electron chi connectivity index (χ0n) is 10.3. The van der Waals surface area contributed by atoms with Crippen LogP contribution in [0.15, 0.2) is 18.5 Å². The van der Waals surface area contributed by atoms with E-state index in [0.29, 0.717) is 5.95 Å². The molecule has 18 heavy (non-hydrogen) atoms. The second-order valence-corrected chi connectivity index (χ2v) is 3.97. The number of nitrogens with zero attached hydrogens (tertiary/aromatic N) is 3. The van der Waals surface area contributed by atoms with Gasteiger partial charge in [0.25, 0.3) is 0 Å². The number of carboxylic acid groups (broad SMARTS) is 1. The summed E-state index contributed by atoms with van der Waals surface area (Å²) in [6.07, 6.45) is 3.07. The van der Waals surface area contributed by atoms with Crippen molar-refractivity contribution in [1.82, 2.24) is 15.3 Å². The van der Waals surface area contributed by atoms with Gasteiger partial charge < -0.3 is 15.3 Å². The highest BCUT2D eigenvalue weighted by Gasteiger charge is 2.13. The Morgan fingerprint density at radius 2 is 2.06 bits per heavy atom. The van der Waals surface area contributed by atoms with Crippen LogP contribution in [0.2, 0.25) is 0 Å². The highest BCUT2D eigenvalue weighted by Crippen LogP contribution is 2.01. The van der Waals surface area contributed by atoms with Crippen molar-refractivity contribution in [3.63, 3.8) is 0 Å². The number of aliphatic carboxylic acids is 1. The minimum Gasteiger partial charge on any atom is -0.481 e. The molecule has 1 heterocycles. The van der Waals surface area contributed by atoms with Crippen LogP contribution >= 0.6 is 0 Å².